The molecule has 44 heavy (non-hydrogen) atoms. The highest BCUT2D eigenvalue weighted by atomic mass is 16.5. The van der Waals surface area contributed by atoms with Crippen LogP contribution in [0.5, 0.6) is 5.75 Å². The minimum Gasteiger partial charge on any atom is -0.497 e. The number of amides is 1. The summed E-state index contributed by atoms with van der Waals surface area (Å²) >= 11 is 0. The van der Waals surface area contributed by atoms with E-state index in [9.17, 15) is 14.7 Å². The van der Waals surface area contributed by atoms with Crippen molar-refractivity contribution in [1.82, 2.24) is 14.4 Å². The predicted octanol–water partition coefficient (Wildman–Crippen LogP) is 5.78. The molecule has 5 aliphatic rings. The van der Waals surface area contributed by atoms with Crippen LogP contribution in [0.25, 0.3) is 27.7 Å². The molecule has 3 aliphatic heterocycles. The molecular weight excluding hydrogens is 554 g/mol. The highest BCUT2D eigenvalue weighted by molar-refractivity contribution is 6.12. The first-order valence-electron chi connectivity index (χ1n) is 16.4. The smallest absolute Gasteiger partial charge is 0.335 e. The SMILES string of the molecule is COc1ccc2c(c1)C1=CC1(C(=O)N1CCC(N3CCOCC3)CC1)Cn1c-2c(C2CCCCC2)c2ccc(C(=O)O)cc21. The number of aromatic nitrogens is 1. The molecule has 2 aliphatic carbocycles. The van der Waals surface area contributed by atoms with Gasteiger partial charge < -0.3 is 24.0 Å². The van der Waals surface area contributed by atoms with E-state index in [1.807, 2.05) is 18.2 Å². The molecule has 2 aromatic carbocycles. The molecule has 0 spiro atoms. The Bertz CT molecular complexity index is 1670. The van der Waals surface area contributed by atoms with Crippen LogP contribution in [0.3, 0.4) is 0 Å². The Morgan fingerprint density at radius 2 is 1.70 bits per heavy atom. The second kappa shape index (κ2) is 10.8. The van der Waals surface area contributed by atoms with Gasteiger partial charge in [0.1, 0.15) is 11.2 Å². The van der Waals surface area contributed by atoms with Gasteiger partial charge in [-0.3, -0.25) is 9.69 Å². The number of ether oxygens (including phenoxy) is 2. The maximum absolute atomic E-state index is 14.6. The summed E-state index contributed by atoms with van der Waals surface area (Å²) in [5.74, 6) is 0.424. The first-order valence-corrected chi connectivity index (χ1v) is 16.4. The van der Waals surface area contributed by atoms with Crippen molar-refractivity contribution < 1.29 is 24.2 Å². The fraction of sp³-hybridized carbons (Fsp3) is 0.500. The van der Waals surface area contributed by atoms with Crippen molar-refractivity contribution in [3.8, 4) is 17.0 Å². The molecule has 230 valence electrons. The Morgan fingerprint density at radius 3 is 2.43 bits per heavy atom. The Morgan fingerprint density at radius 1 is 0.932 bits per heavy atom. The van der Waals surface area contributed by atoms with E-state index in [1.54, 1.807) is 13.2 Å². The summed E-state index contributed by atoms with van der Waals surface area (Å²) in [6.45, 7) is 5.52. The van der Waals surface area contributed by atoms with E-state index < -0.39 is 11.4 Å². The number of carbonyl (C=O) groups excluding carboxylic acids is 1. The summed E-state index contributed by atoms with van der Waals surface area (Å²) in [7, 11) is 1.69. The molecule has 1 amide bonds. The van der Waals surface area contributed by atoms with E-state index in [-0.39, 0.29) is 11.5 Å². The van der Waals surface area contributed by atoms with Crippen molar-refractivity contribution in [3.63, 3.8) is 0 Å². The number of rotatable bonds is 5. The molecule has 1 saturated carbocycles. The zero-order valence-corrected chi connectivity index (χ0v) is 25.5. The van der Waals surface area contributed by atoms with Crippen LogP contribution in [0.15, 0.2) is 42.5 Å². The van der Waals surface area contributed by atoms with Gasteiger partial charge in [-0.2, -0.15) is 0 Å². The molecular formula is C36H41N3O5. The third kappa shape index (κ3) is 4.40. The number of carbonyl (C=O) groups is 2. The van der Waals surface area contributed by atoms with E-state index in [0.29, 0.717) is 18.5 Å². The van der Waals surface area contributed by atoms with E-state index >= 15 is 0 Å². The van der Waals surface area contributed by atoms with E-state index in [0.717, 1.165) is 104 Å². The van der Waals surface area contributed by atoms with Gasteiger partial charge >= 0.3 is 5.97 Å². The van der Waals surface area contributed by atoms with Gasteiger partial charge in [-0.25, -0.2) is 4.79 Å². The van der Waals surface area contributed by atoms with E-state index in [1.165, 1.54) is 24.8 Å². The lowest BCUT2D eigenvalue weighted by molar-refractivity contribution is -0.138. The number of piperidine rings is 1. The van der Waals surface area contributed by atoms with Gasteiger partial charge in [-0.1, -0.05) is 31.4 Å². The maximum Gasteiger partial charge on any atom is 0.335 e. The molecule has 1 N–H and O–H groups in total. The fourth-order valence-electron chi connectivity index (χ4n) is 8.66. The standard InChI is InChI=1S/C36H41N3O5/c1-43-26-8-10-27-29(20-26)30-21-36(30,35(42)38-13-11-25(12-14-38)37-15-17-44-18-16-37)22-39-31-19-24(34(40)41)7-9-28(31)32(33(27)39)23-5-3-2-4-6-23/h7-10,19-21,23,25H,2-6,11-18,22H2,1H3,(H,40,41). The average molecular weight is 596 g/mol. The van der Waals surface area contributed by atoms with Crippen LogP contribution in [0.1, 0.15) is 72.3 Å². The lowest BCUT2D eigenvalue weighted by Crippen LogP contribution is -2.51. The summed E-state index contributed by atoms with van der Waals surface area (Å²) in [5, 5.41) is 11.1. The molecule has 3 fully saturated rings. The predicted molar refractivity (Wildman–Crippen MR) is 169 cm³/mol. The zero-order valence-electron chi connectivity index (χ0n) is 25.5. The zero-order chi connectivity index (χ0) is 30.0. The van der Waals surface area contributed by atoms with Crippen molar-refractivity contribution in [2.45, 2.75) is 63.5 Å². The van der Waals surface area contributed by atoms with Crippen molar-refractivity contribution >= 4 is 28.4 Å². The normalized spacial score (nSPS) is 24.2. The van der Waals surface area contributed by atoms with Crippen LogP contribution < -0.4 is 4.74 Å². The number of methoxy groups -OCH3 is 1. The monoisotopic (exact) mass is 595 g/mol. The summed E-state index contributed by atoms with van der Waals surface area (Å²) < 4.78 is 13.6. The Labute approximate surface area is 258 Å². The van der Waals surface area contributed by atoms with E-state index in [2.05, 4.69) is 32.6 Å². The number of hydrogen-bond acceptors (Lipinski definition) is 5. The average Bonchev–Trinajstić information content (AvgIpc) is 3.74. The fourth-order valence-corrected chi connectivity index (χ4v) is 8.66. The second-order valence-electron chi connectivity index (χ2n) is 13.3. The molecule has 8 rings (SSSR count). The number of fused-ring (bicyclic) bond motifs is 7. The molecule has 2 saturated heterocycles. The number of carboxylic acids is 1. The van der Waals surface area contributed by atoms with Gasteiger partial charge in [0.2, 0.25) is 5.91 Å². The van der Waals surface area contributed by atoms with Crippen LogP contribution in [0.4, 0.5) is 0 Å². The molecule has 0 radical (unpaired) electrons. The van der Waals surface area contributed by atoms with Gasteiger partial charge in [-0.15, -0.1) is 0 Å². The quantitative estimate of drug-likeness (QED) is 0.403. The Balaban J connectivity index is 1.23. The summed E-state index contributed by atoms with van der Waals surface area (Å²) in [4.78, 5) is 31.4. The highest BCUT2D eigenvalue weighted by Gasteiger charge is 2.56. The van der Waals surface area contributed by atoms with Gasteiger partial charge in [0.05, 0.1) is 31.6 Å². The number of carboxylic acid groups (broad SMARTS) is 1. The molecule has 3 aromatic rings. The molecule has 1 atom stereocenters. The van der Waals surface area contributed by atoms with Crippen molar-refractivity contribution in [2.75, 3.05) is 46.5 Å². The summed E-state index contributed by atoms with van der Waals surface area (Å²) in [6, 6.07) is 12.3. The molecule has 0 bridgehead atoms. The Hall–Kier alpha value is -3.62. The van der Waals surface area contributed by atoms with Crippen LogP contribution >= 0.6 is 0 Å². The third-order valence-electron chi connectivity index (χ3n) is 11.0. The number of aromatic carboxylic acids is 1. The van der Waals surface area contributed by atoms with E-state index in [4.69, 9.17) is 9.47 Å². The Kier molecular flexibility index (Phi) is 6.83. The van der Waals surface area contributed by atoms with Gasteiger partial charge in [0.15, 0.2) is 0 Å². The van der Waals surface area contributed by atoms with Gasteiger partial charge in [0, 0.05) is 55.2 Å². The summed E-state index contributed by atoms with van der Waals surface area (Å²) in [6.07, 6.45) is 10.0. The largest absolute Gasteiger partial charge is 0.497 e. The third-order valence-corrected chi connectivity index (χ3v) is 11.0. The van der Waals surface area contributed by atoms with Gasteiger partial charge in [-0.05, 0) is 78.6 Å². The topological polar surface area (TPSA) is 84.2 Å². The second-order valence-corrected chi connectivity index (χ2v) is 13.3. The van der Waals surface area contributed by atoms with Gasteiger partial charge in [0.25, 0.3) is 0 Å². The summed E-state index contributed by atoms with van der Waals surface area (Å²) in [5.41, 5.74) is 6.18. The number of likely N-dealkylation sites (tertiary alicyclic amines) is 1. The lowest BCUT2D eigenvalue weighted by Gasteiger charge is -2.41. The van der Waals surface area contributed by atoms with Crippen LogP contribution in [0, 0.1) is 5.41 Å². The number of benzene rings is 2. The maximum atomic E-state index is 14.6. The number of morpholine rings is 1. The van der Waals surface area contributed by atoms with Crippen molar-refractivity contribution in [1.29, 1.82) is 0 Å². The molecule has 8 heteroatoms. The lowest BCUT2D eigenvalue weighted by atomic mass is 9.81. The molecule has 8 nitrogen and oxygen atoms in total. The molecule has 1 aromatic heterocycles. The minimum atomic E-state index is -0.931. The van der Waals surface area contributed by atoms with Crippen LogP contribution in [-0.4, -0.2) is 83.9 Å². The minimum absolute atomic E-state index is 0.171. The molecule has 4 heterocycles. The van der Waals surface area contributed by atoms with Crippen molar-refractivity contribution in [2.24, 2.45) is 5.41 Å². The first-order chi connectivity index (χ1) is 21.5. The number of hydrogen-bond donors (Lipinski definition) is 1. The number of nitrogens with zero attached hydrogens (tertiary/aromatic N) is 3. The highest BCUT2D eigenvalue weighted by Crippen LogP contribution is 2.60. The first kappa shape index (κ1) is 27.9. The van der Waals surface area contributed by atoms with Crippen molar-refractivity contribution in [3.05, 3.63) is 59.2 Å². The van der Waals surface area contributed by atoms with Crippen LogP contribution in [0.2, 0.25) is 0 Å². The van der Waals surface area contributed by atoms with Crippen LogP contribution in [-0.2, 0) is 16.1 Å². The molecule has 1 unspecified atom stereocenters.